The number of likely N-dealkylation sites (tertiary alicyclic amines) is 1. The average Bonchev–Trinajstić information content (AvgIpc) is 3.80. The van der Waals surface area contributed by atoms with Gasteiger partial charge < -0.3 is 10.2 Å². The Balaban J connectivity index is 1.52. The third-order valence-corrected chi connectivity index (χ3v) is 10.3. The van der Waals surface area contributed by atoms with Crippen LogP contribution in [0.3, 0.4) is 0 Å². The van der Waals surface area contributed by atoms with Crippen molar-refractivity contribution in [1.29, 1.82) is 5.26 Å². The number of hydrogen-bond acceptors (Lipinski definition) is 5. The van der Waals surface area contributed by atoms with E-state index < -0.39 is 55.6 Å². The molecule has 0 aromatic heterocycles. The first kappa shape index (κ1) is 26.5. The summed E-state index contributed by atoms with van der Waals surface area (Å²) in [5.74, 6) is -1.43. The highest BCUT2D eigenvalue weighted by molar-refractivity contribution is 7.92. The van der Waals surface area contributed by atoms with Gasteiger partial charge in [-0.25, -0.2) is 8.42 Å². The fourth-order valence-corrected chi connectivity index (χ4v) is 7.42. The number of nitriles is 1. The van der Waals surface area contributed by atoms with Crippen molar-refractivity contribution in [3.63, 3.8) is 0 Å². The molecule has 3 fully saturated rings. The van der Waals surface area contributed by atoms with E-state index in [0.29, 0.717) is 12.8 Å². The van der Waals surface area contributed by atoms with Gasteiger partial charge in [-0.3, -0.25) is 9.59 Å². The van der Waals surface area contributed by atoms with Crippen LogP contribution < -0.4 is 5.32 Å². The smallest absolute Gasteiger partial charge is 0.336 e. The molecule has 200 valence electrons. The molecule has 2 amide bonds. The maximum atomic E-state index is 13.9. The number of carbonyl (C=O) groups excluding carboxylic acids is 2. The summed E-state index contributed by atoms with van der Waals surface area (Å²) < 4.78 is 68.5. The monoisotopic (exact) mass is 565 g/mol. The summed E-state index contributed by atoms with van der Waals surface area (Å²) in [6, 6.07) is 11.4. The maximum absolute atomic E-state index is 13.9. The molecule has 1 aliphatic heterocycles. The number of carbonyl (C=O) groups is 2. The van der Waals surface area contributed by atoms with E-state index in [9.17, 15) is 36.4 Å². The maximum Gasteiger partial charge on any atom is 0.416 e. The molecular weight excluding hydrogens is 543 g/mol. The first-order chi connectivity index (χ1) is 17.8. The molecule has 0 unspecified atom stereocenters. The fourth-order valence-electron chi connectivity index (χ4n) is 5.21. The van der Waals surface area contributed by atoms with Crippen molar-refractivity contribution in [2.45, 2.75) is 65.4 Å². The minimum Gasteiger partial charge on any atom is -0.336 e. The van der Waals surface area contributed by atoms with Gasteiger partial charge in [0.2, 0.25) is 11.8 Å². The van der Waals surface area contributed by atoms with Gasteiger partial charge in [0.15, 0.2) is 9.84 Å². The van der Waals surface area contributed by atoms with E-state index in [-0.39, 0.29) is 41.3 Å². The number of alkyl halides is 3. The van der Waals surface area contributed by atoms with Crippen molar-refractivity contribution < 1.29 is 31.2 Å². The predicted octanol–water partition coefficient (Wildman–Crippen LogP) is 4.01. The molecule has 1 heterocycles. The SMILES string of the molecule is N#CC1(NC(=O)[C@@H]2C[C@@H](S(=O)(=O)c3ccccc3Cl)CN2C(=O)C2(c3ccccc3C(F)(F)F)CC2)CC1. The number of rotatable bonds is 6. The Hall–Kier alpha value is -3.10. The molecule has 2 aromatic rings. The lowest BCUT2D eigenvalue weighted by Gasteiger charge is -2.30. The van der Waals surface area contributed by atoms with Crippen LogP contribution in [0.5, 0.6) is 0 Å². The van der Waals surface area contributed by atoms with Gasteiger partial charge in [0.05, 0.1) is 32.2 Å². The Morgan fingerprint density at radius 2 is 1.68 bits per heavy atom. The van der Waals surface area contributed by atoms with E-state index in [1.165, 1.54) is 36.4 Å². The second-order valence-corrected chi connectivity index (χ2v) is 12.7. The molecular formula is C26H23ClF3N3O4S. The van der Waals surface area contributed by atoms with E-state index >= 15 is 0 Å². The number of halogens is 4. The molecule has 3 aliphatic rings. The highest BCUT2D eigenvalue weighted by Crippen LogP contribution is 2.54. The summed E-state index contributed by atoms with van der Waals surface area (Å²) in [5, 5.41) is 10.8. The Kier molecular flexibility index (Phi) is 6.27. The highest BCUT2D eigenvalue weighted by Gasteiger charge is 2.60. The highest BCUT2D eigenvalue weighted by atomic mass is 35.5. The zero-order valence-electron chi connectivity index (χ0n) is 20.0. The Labute approximate surface area is 222 Å². The normalized spacial score (nSPS) is 23.4. The Morgan fingerprint density at radius 1 is 1.05 bits per heavy atom. The van der Waals surface area contributed by atoms with E-state index in [2.05, 4.69) is 5.32 Å². The molecule has 38 heavy (non-hydrogen) atoms. The van der Waals surface area contributed by atoms with Crippen LogP contribution in [0.2, 0.25) is 5.02 Å². The van der Waals surface area contributed by atoms with Crippen LogP contribution in [0.1, 0.15) is 43.2 Å². The van der Waals surface area contributed by atoms with Crippen molar-refractivity contribution >= 4 is 33.3 Å². The van der Waals surface area contributed by atoms with Crippen molar-refractivity contribution in [2.75, 3.05) is 6.54 Å². The molecule has 2 aromatic carbocycles. The third kappa shape index (κ3) is 4.43. The van der Waals surface area contributed by atoms with Crippen molar-refractivity contribution in [2.24, 2.45) is 0 Å². The fraction of sp³-hybridized carbons (Fsp3) is 0.423. The lowest BCUT2D eigenvalue weighted by Crippen LogP contribution is -2.51. The molecule has 1 saturated heterocycles. The van der Waals surface area contributed by atoms with Crippen LogP contribution in [0, 0.1) is 11.3 Å². The van der Waals surface area contributed by atoms with Crippen LogP contribution >= 0.6 is 11.6 Å². The summed E-state index contributed by atoms with van der Waals surface area (Å²) in [4.78, 5) is 28.2. The summed E-state index contributed by atoms with van der Waals surface area (Å²) in [5.41, 5.74) is -3.72. The van der Waals surface area contributed by atoms with Gasteiger partial charge in [-0.05, 0) is 55.9 Å². The minimum absolute atomic E-state index is 0.0162. The van der Waals surface area contributed by atoms with Crippen molar-refractivity contribution in [1.82, 2.24) is 10.2 Å². The zero-order valence-corrected chi connectivity index (χ0v) is 21.5. The molecule has 2 saturated carbocycles. The van der Waals surface area contributed by atoms with Gasteiger partial charge >= 0.3 is 6.18 Å². The van der Waals surface area contributed by atoms with Crippen molar-refractivity contribution in [3.05, 3.63) is 64.7 Å². The van der Waals surface area contributed by atoms with Gasteiger partial charge in [-0.2, -0.15) is 18.4 Å². The second kappa shape index (κ2) is 8.99. The first-order valence-corrected chi connectivity index (χ1v) is 14.0. The molecule has 12 heteroatoms. The number of nitrogens with zero attached hydrogens (tertiary/aromatic N) is 2. The molecule has 0 spiro atoms. The summed E-state index contributed by atoms with van der Waals surface area (Å²) >= 11 is 6.14. The molecule has 5 rings (SSSR count). The van der Waals surface area contributed by atoms with Gasteiger partial charge in [0, 0.05) is 6.54 Å². The van der Waals surface area contributed by atoms with Gasteiger partial charge in [-0.15, -0.1) is 0 Å². The Bertz CT molecular complexity index is 1460. The van der Waals surface area contributed by atoms with Crippen LogP contribution in [-0.2, 0) is 31.0 Å². The van der Waals surface area contributed by atoms with E-state index in [4.69, 9.17) is 11.6 Å². The lowest BCUT2D eigenvalue weighted by molar-refractivity contribution is -0.143. The number of amides is 2. The molecule has 2 atom stereocenters. The lowest BCUT2D eigenvalue weighted by atomic mass is 9.89. The standard InChI is InChI=1S/C26H23ClF3N3O4S/c27-19-7-3-4-8-21(19)38(36,37)16-13-20(22(34)32-24(15-31)9-10-24)33(14-16)23(35)25(11-12-25)17-5-1-2-6-18(17)26(28,29)30/h1-8,16,20H,9-14H2,(H,32,34)/t16-,20+/m1/s1. The molecule has 2 aliphatic carbocycles. The van der Waals surface area contributed by atoms with Gasteiger partial charge in [0.1, 0.15) is 11.6 Å². The molecule has 1 N–H and O–H groups in total. The minimum atomic E-state index is -4.70. The molecule has 7 nitrogen and oxygen atoms in total. The molecule has 0 bridgehead atoms. The largest absolute Gasteiger partial charge is 0.416 e. The zero-order chi connectivity index (χ0) is 27.5. The van der Waals surface area contributed by atoms with Crippen LogP contribution in [0.4, 0.5) is 13.2 Å². The summed E-state index contributed by atoms with van der Waals surface area (Å²) in [7, 11) is -4.11. The quantitative estimate of drug-likeness (QED) is 0.569. The summed E-state index contributed by atoms with van der Waals surface area (Å²) in [6.07, 6.45) is -3.87. The van der Waals surface area contributed by atoms with Crippen molar-refractivity contribution in [3.8, 4) is 6.07 Å². The second-order valence-electron chi connectivity index (χ2n) is 10.1. The summed E-state index contributed by atoms with van der Waals surface area (Å²) in [6.45, 7) is -0.389. The predicted molar refractivity (Wildman–Crippen MR) is 131 cm³/mol. The van der Waals surface area contributed by atoms with Crippen LogP contribution in [0.25, 0.3) is 0 Å². The van der Waals surface area contributed by atoms with Crippen LogP contribution in [-0.4, -0.2) is 48.5 Å². The van der Waals surface area contributed by atoms with Gasteiger partial charge in [0.25, 0.3) is 0 Å². The van der Waals surface area contributed by atoms with E-state index in [1.54, 1.807) is 6.07 Å². The van der Waals surface area contributed by atoms with E-state index in [0.717, 1.165) is 11.0 Å². The number of benzene rings is 2. The third-order valence-electron chi connectivity index (χ3n) is 7.64. The van der Waals surface area contributed by atoms with Gasteiger partial charge in [-0.1, -0.05) is 41.9 Å². The average molecular weight is 566 g/mol. The molecule has 0 radical (unpaired) electrons. The number of sulfone groups is 1. The number of hydrogen-bond donors (Lipinski definition) is 1. The van der Waals surface area contributed by atoms with E-state index in [1.807, 2.05) is 6.07 Å². The Morgan fingerprint density at radius 3 is 2.26 bits per heavy atom. The number of nitrogens with one attached hydrogen (secondary N) is 1. The topological polar surface area (TPSA) is 107 Å². The van der Waals surface area contributed by atoms with Crippen LogP contribution in [0.15, 0.2) is 53.4 Å². The first-order valence-electron chi connectivity index (χ1n) is 12.0.